The van der Waals surface area contributed by atoms with Gasteiger partial charge in [-0.3, -0.25) is 4.79 Å². The summed E-state index contributed by atoms with van der Waals surface area (Å²) < 4.78 is 119. The third-order valence-electron chi connectivity index (χ3n) is 15.1. The second-order valence-corrected chi connectivity index (χ2v) is 27.7. The fourth-order valence-electron chi connectivity index (χ4n) is 10.8. The molecule has 3 heterocycles. The Balaban J connectivity index is 0.000000188. The van der Waals surface area contributed by atoms with Gasteiger partial charge in [-0.1, -0.05) is 112 Å². The molecule has 0 radical (unpaired) electrons. The summed E-state index contributed by atoms with van der Waals surface area (Å²) in [7, 11) is -8.37. The fourth-order valence-corrected chi connectivity index (χ4v) is 13.9. The van der Waals surface area contributed by atoms with Gasteiger partial charge in [0, 0.05) is 50.1 Å². The molecule has 1 amide bonds. The Kier molecular flexibility index (Phi) is 17.9. The number of benzene rings is 3. The Morgan fingerprint density at radius 1 is 0.585 bits per heavy atom. The quantitative estimate of drug-likeness (QED) is 0.0853. The lowest BCUT2D eigenvalue weighted by Crippen LogP contribution is -2.57. The van der Waals surface area contributed by atoms with Gasteiger partial charge in [-0.15, -0.1) is 0 Å². The number of hydrogen-bond donors (Lipinski definition) is 3. The predicted molar refractivity (Wildman–Crippen MR) is 300 cm³/mol. The smallest absolute Gasteiger partial charge is 0.424 e. The van der Waals surface area contributed by atoms with Gasteiger partial charge < -0.3 is 29.6 Å². The van der Waals surface area contributed by atoms with E-state index in [1.54, 1.807) is 53.4 Å². The highest BCUT2D eigenvalue weighted by Gasteiger charge is 2.73. The number of rotatable bonds is 13. The van der Waals surface area contributed by atoms with Gasteiger partial charge in [0.2, 0.25) is 0 Å². The van der Waals surface area contributed by atoms with Crippen LogP contribution in [0.25, 0.3) is 0 Å². The van der Waals surface area contributed by atoms with E-state index >= 15 is 0 Å². The molecule has 5 fully saturated rings. The second-order valence-electron chi connectivity index (χ2n) is 24.4. The number of alkyl halides is 3. The Labute approximate surface area is 479 Å². The minimum absolute atomic E-state index is 0.0170. The van der Waals surface area contributed by atoms with Crippen molar-refractivity contribution in [2.24, 2.45) is 23.5 Å². The summed E-state index contributed by atoms with van der Waals surface area (Å²) in [4.78, 5) is 55.9. The first-order valence-electron chi connectivity index (χ1n) is 27.1. The SMILES string of the molecule is CC1[C@H](c2ccccc2)[C@]1(N)C(=O)OC(C)(C)C.CC1[C@H](c2ccccc2)[C@]1(NS(=O)(=O)N1CCN(c2ccc(C(F)(F)F)cn2)CC1)C(=O)OC(C)(C)C.CC1[C@H](c2ccccc2)[C@]1(NS(=O)(=O)N1CCOC1=O)C(=O)OC(C)(C)C. The summed E-state index contributed by atoms with van der Waals surface area (Å²) >= 11 is 0. The molecule has 3 unspecified atom stereocenters. The summed E-state index contributed by atoms with van der Waals surface area (Å²) in [6, 6.07) is 30.6. The molecule has 0 bridgehead atoms. The van der Waals surface area contributed by atoms with Gasteiger partial charge in [0.1, 0.15) is 45.8 Å². The van der Waals surface area contributed by atoms with E-state index in [1.807, 2.05) is 126 Å². The maximum atomic E-state index is 13.5. The lowest BCUT2D eigenvalue weighted by molar-refractivity contribution is -0.159. The summed E-state index contributed by atoms with van der Waals surface area (Å²) in [5, 5.41) is 0. The topological polar surface area (TPSA) is 246 Å². The monoisotopic (exact) mass is 1180 g/mol. The van der Waals surface area contributed by atoms with E-state index in [2.05, 4.69) is 14.4 Å². The molecule has 1 aromatic heterocycles. The van der Waals surface area contributed by atoms with Crippen LogP contribution in [0.1, 0.15) is 123 Å². The first-order valence-corrected chi connectivity index (χ1v) is 30.0. The average molecular weight is 1180 g/mol. The van der Waals surface area contributed by atoms with Crippen molar-refractivity contribution in [3.05, 3.63) is 132 Å². The number of carbonyl (C=O) groups is 4. The Hall–Kier alpha value is -6.18. The second kappa shape index (κ2) is 23.1. The van der Waals surface area contributed by atoms with Crippen molar-refractivity contribution in [3.63, 3.8) is 0 Å². The summed E-state index contributed by atoms with van der Waals surface area (Å²) in [5.74, 6) is -2.54. The normalized spacial score (nSPS) is 27.3. The molecule has 0 spiro atoms. The van der Waals surface area contributed by atoms with Gasteiger partial charge in [0.25, 0.3) is 10.2 Å². The highest BCUT2D eigenvalue weighted by Crippen LogP contribution is 2.60. The summed E-state index contributed by atoms with van der Waals surface area (Å²) in [6.45, 7) is 22.0. The number of piperazine rings is 1. The minimum Gasteiger partial charge on any atom is -0.459 e. The molecule has 5 aliphatic rings. The number of esters is 3. The number of hydrogen-bond acceptors (Lipinski definition) is 15. The molecule has 3 aliphatic carbocycles. The molecule has 24 heteroatoms. The zero-order valence-electron chi connectivity index (χ0n) is 48.3. The number of cyclic esters (lactones) is 1. The van der Waals surface area contributed by atoms with E-state index in [0.29, 0.717) is 10.1 Å². The molecule has 4 aromatic rings. The Morgan fingerprint density at radius 3 is 1.35 bits per heavy atom. The van der Waals surface area contributed by atoms with Crippen LogP contribution in [0.5, 0.6) is 0 Å². The summed E-state index contributed by atoms with van der Waals surface area (Å²) in [6.07, 6.45) is -4.67. The van der Waals surface area contributed by atoms with Crippen LogP contribution in [0.4, 0.5) is 23.8 Å². The zero-order chi connectivity index (χ0) is 60.8. The standard InChI is InChI=1S/C25H31F3N4O4S.C18H24N2O6S.C15H21NO2/c1-17-21(18-8-6-5-7-9-18)24(17,22(33)36-23(2,3)4)30-37(34,35)32-14-12-31(13-15-32)20-11-10-19(16-29-20)25(26,27)28;1-12-14(13-8-6-5-7-9-13)18(12,15(21)26-17(2,3)4)19-27(23,24)20-10-11-25-16(20)22;1-10-12(11-8-6-5-7-9-11)15(10,16)13(17)18-14(2,3)4/h5-11,16-17,21,30H,12-15H2,1-4H3;5-9,12,14,19H,10-11H2,1-4H3;5-10,12H,16H2,1-4H3/t17?,21-,24+;12?,14-,18+;10?,12-,15+/m111/s1. The van der Waals surface area contributed by atoms with E-state index in [4.69, 9.17) is 24.7 Å². The number of aromatic nitrogens is 1. The molecule has 3 aromatic carbocycles. The van der Waals surface area contributed by atoms with Crippen LogP contribution in [0, 0.1) is 17.8 Å². The van der Waals surface area contributed by atoms with Crippen LogP contribution in [0.15, 0.2) is 109 Å². The number of carbonyl (C=O) groups excluding carboxylic acids is 4. The number of amides is 1. The van der Waals surface area contributed by atoms with Crippen molar-refractivity contribution in [2.75, 3.05) is 44.2 Å². The molecule has 2 aliphatic heterocycles. The van der Waals surface area contributed by atoms with E-state index in [1.165, 1.54) is 10.4 Å². The molecule has 9 rings (SSSR count). The number of nitrogens with one attached hydrogen (secondary N) is 2. The Bertz CT molecular complexity index is 3170. The van der Waals surface area contributed by atoms with E-state index in [9.17, 15) is 49.2 Å². The number of halogens is 3. The van der Waals surface area contributed by atoms with Crippen molar-refractivity contribution >= 4 is 50.2 Å². The highest BCUT2D eigenvalue weighted by molar-refractivity contribution is 7.87. The van der Waals surface area contributed by atoms with Gasteiger partial charge in [-0.2, -0.15) is 48.1 Å². The first-order chi connectivity index (χ1) is 37.9. The van der Waals surface area contributed by atoms with Crippen LogP contribution in [0.3, 0.4) is 0 Å². The van der Waals surface area contributed by atoms with E-state index in [0.717, 1.165) is 29.0 Å². The summed E-state index contributed by atoms with van der Waals surface area (Å²) in [5.41, 5.74) is 2.29. The van der Waals surface area contributed by atoms with Gasteiger partial charge in [-0.05, 0) is 109 Å². The van der Waals surface area contributed by atoms with Crippen LogP contribution in [-0.4, -0.2) is 127 Å². The molecule has 2 saturated heterocycles. The molecule has 19 nitrogen and oxygen atoms in total. The minimum atomic E-state index is -4.48. The van der Waals surface area contributed by atoms with Gasteiger partial charge in [0.05, 0.1) is 12.1 Å². The number of nitrogens with zero attached hydrogens (tertiary/aromatic N) is 4. The number of nitrogens with two attached hydrogens (primary N) is 1. The fraction of sp³-hybridized carbons (Fsp3) is 0.534. The third-order valence-corrected chi connectivity index (χ3v) is 18.3. The predicted octanol–water partition coefficient (Wildman–Crippen LogP) is 7.82. The van der Waals surface area contributed by atoms with Crippen LogP contribution in [-0.2, 0) is 59.9 Å². The molecule has 4 N–H and O–H groups in total. The largest absolute Gasteiger partial charge is 0.459 e. The van der Waals surface area contributed by atoms with E-state index < -0.39 is 95.4 Å². The van der Waals surface area contributed by atoms with Crippen molar-refractivity contribution in [1.82, 2.24) is 23.0 Å². The van der Waals surface area contributed by atoms with Gasteiger partial charge in [0.15, 0.2) is 0 Å². The molecule has 9 atom stereocenters. The van der Waals surface area contributed by atoms with Gasteiger partial charge in [-0.25, -0.2) is 19.4 Å². The van der Waals surface area contributed by atoms with Gasteiger partial charge >= 0.3 is 40.4 Å². The first kappa shape index (κ1) is 63.4. The maximum Gasteiger partial charge on any atom is 0.424 e. The lowest BCUT2D eigenvalue weighted by Gasteiger charge is -2.35. The van der Waals surface area contributed by atoms with Crippen molar-refractivity contribution < 1.29 is 68.1 Å². The van der Waals surface area contributed by atoms with Crippen molar-refractivity contribution in [1.29, 1.82) is 0 Å². The number of anilines is 1. The Morgan fingerprint density at radius 2 is 0.988 bits per heavy atom. The zero-order valence-corrected chi connectivity index (χ0v) is 49.9. The van der Waals surface area contributed by atoms with Crippen LogP contribution >= 0.6 is 0 Å². The van der Waals surface area contributed by atoms with Crippen molar-refractivity contribution in [2.45, 2.75) is 140 Å². The molecule has 3 saturated carbocycles. The third kappa shape index (κ3) is 13.7. The van der Waals surface area contributed by atoms with Crippen molar-refractivity contribution in [3.8, 4) is 0 Å². The van der Waals surface area contributed by atoms with E-state index in [-0.39, 0.29) is 69.0 Å². The maximum absolute atomic E-state index is 13.5. The molecule has 82 heavy (non-hydrogen) atoms. The number of ether oxygens (including phenoxy) is 4. The average Bonchev–Trinajstić information content (AvgIpc) is 1.63. The van der Waals surface area contributed by atoms with Crippen LogP contribution in [0.2, 0.25) is 0 Å². The lowest BCUT2D eigenvalue weighted by atomic mass is 10.1. The molecule has 448 valence electrons. The molecular weight excluding hydrogens is 1110 g/mol. The molecular formula is C58H76F3N7O12S2. The number of pyridine rings is 1. The highest BCUT2D eigenvalue weighted by atomic mass is 32.2. The van der Waals surface area contributed by atoms with Crippen LogP contribution < -0.4 is 20.1 Å².